The van der Waals surface area contributed by atoms with E-state index < -0.39 is 24.7 Å². The lowest BCUT2D eigenvalue weighted by atomic mass is 9.78. The zero-order chi connectivity index (χ0) is 29.9. The topological polar surface area (TPSA) is 117 Å². The number of fused-ring (bicyclic) bond motifs is 1. The lowest BCUT2D eigenvalue weighted by Gasteiger charge is -2.22. The Morgan fingerprint density at radius 1 is 1.02 bits per heavy atom. The van der Waals surface area contributed by atoms with Crippen molar-refractivity contribution in [2.45, 2.75) is 51.7 Å². The summed E-state index contributed by atoms with van der Waals surface area (Å²) < 4.78 is 29.0. The predicted molar refractivity (Wildman–Crippen MR) is 155 cm³/mol. The molecule has 2 heterocycles. The Labute approximate surface area is 245 Å². The second kappa shape index (κ2) is 12.4. The maximum absolute atomic E-state index is 12.1. The molecule has 0 spiro atoms. The minimum atomic E-state index is -1.09. The summed E-state index contributed by atoms with van der Waals surface area (Å²) in [6.45, 7) is 5.75. The van der Waals surface area contributed by atoms with Crippen molar-refractivity contribution in [1.29, 1.82) is 0 Å². The molecule has 2 aromatic carbocycles. The molecule has 42 heavy (non-hydrogen) atoms. The molecule has 1 fully saturated rings. The Balaban J connectivity index is 1.23. The number of benzene rings is 2. The molecule has 11 heteroatoms. The molecule has 0 saturated carbocycles. The second-order valence-corrected chi connectivity index (χ2v) is 11.3. The van der Waals surface area contributed by atoms with Crippen LogP contribution in [0.3, 0.4) is 0 Å². The fourth-order valence-electron chi connectivity index (χ4n) is 4.88. The molecule has 5 rings (SSSR count). The number of rotatable bonds is 9. The summed E-state index contributed by atoms with van der Waals surface area (Å²) >= 11 is 0. The number of carbonyl (C=O) groups is 2. The van der Waals surface area contributed by atoms with Gasteiger partial charge in [-0.05, 0) is 70.5 Å². The van der Waals surface area contributed by atoms with Crippen LogP contribution in [0.4, 0.5) is 0 Å². The van der Waals surface area contributed by atoms with Crippen LogP contribution < -0.4 is 19.7 Å². The maximum Gasteiger partial charge on any atom is 0.636 e. The number of nitrogens with zero attached hydrogens (tertiary/aromatic N) is 2. The number of aryl methyl sites for hydroxylation is 1. The monoisotopic (exact) mass is 574 g/mol. The van der Waals surface area contributed by atoms with Crippen LogP contribution in [-0.2, 0) is 25.3 Å². The minimum absolute atomic E-state index is 0.0133. The highest BCUT2D eigenvalue weighted by atomic mass is 16.6. The van der Waals surface area contributed by atoms with Crippen molar-refractivity contribution in [3.05, 3.63) is 71.4 Å². The van der Waals surface area contributed by atoms with E-state index >= 15 is 0 Å². The largest absolute Gasteiger partial charge is 0.636 e. The maximum atomic E-state index is 12.1. The van der Waals surface area contributed by atoms with E-state index in [1.54, 1.807) is 56.1 Å². The number of carbonyl (C=O) groups excluding carboxylic acids is 2. The highest BCUT2D eigenvalue weighted by Crippen LogP contribution is 2.41. The van der Waals surface area contributed by atoms with E-state index in [0.717, 1.165) is 29.7 Å². The number of ether oxygens (including phenoxy) is 3. The van der Waals surface area contributed by atoms with Crippen LogP contribution in [0.2, 0.25) is 0 Å². The highest BCUT2D eigenvalue weighted by molar-refractivity contribution is 6.64. The first-order valence-corrected chi connectivity index (χ1v) is 14.0. The van der Waals surface area contributed by atoms with Gasteiger partial charge in [0.1, 0.15) is 23.4 Å². The van der Waals surface area contributed by atoms with Crippen molar-refractivity contribution in [3.8, 4) is 23.1 Å². The van der Waals surface area contributed by atoms with E-state index in [1.807, 2.05) is 31.2 Å². The van der Waals surface area contributed by atoms with Gasteiger partial charge in [-0.3, -0.25) is 14.5 Å². The SMILES string of the molecule is Cc1nc(OCCC(C)(C)O)ccc1Oc1cccc2c1CC[C@H]2Oc1ccc(B2OC(=O)CN(C)CC(=O)O2)cc1. The van der Waals surface area contributed by atoms with Gasteiger partial charge in [-0.25, -0.2) is 4.98 Å². The molecule has 0 unspecified atom stereocenters. The zero-order valence-corrected chi connectivity index (χ0v) is 24.3. The summed E-state index contributed by atoms with van der Waals surface area (Å²) in [5.41, 5.74) is 2.60. The lowest BCUT2D eigenvalue weighted by molar-refractivity contribution is -0.145. The van der Waals surface area contributed by atoms with Gasteiger partial charge < -0.3 is 28.6 Å². The summed E-state index contributed by atoms with van der Waals surface area (Å²) in [6.07, 6.45) is 1.92. The summed E-state index contributed by atoms with van der Waals surface area (Å²) in [5.74, 6) is 1.60. The Hall–Kier alpha value is -4.09. The van der Waals surface area contributed by atoms with Gasteiger partial charge in [0.05, 0.1) is 31.0 Å². The van der Waals surface area contributed by atoms with Crippen molar-refractivity contribution in [1.82, 2.24) is 9.88 Å². The van der Waals surface area contributed by atoms with Crippen LogP contribution in [0.1, 0.15) is 49.6 Å². The van der Waals surface area contributed by atoms with Crippen LogP contribution in [0.5, 0.6) is 23.1 Å². The van der Waals surface area contributed by atoms with Crippen molar-refractivity contribution in [2.24, 2.45) is 0 Å². The number of aromatic nitrogens is 1. The Bertz CT molecular complexity index is 1420. The predicted octanol–water partition coefficient (Wildman–Crippen LogP) is 3.52. The molecule has 10 nitrogen and oxygen atoms in total. The fourth-order valence-corrected chi connectivity index (χ4v) is 4.88. The van der Waals surface area contributed by atoms with E-state index in [9.17, 15) is 14.7 Å². The third-order valence-corrected chi connectivity index (χ3v) is 7.07. The van der Waals surface area contributed by atoms with Crippen LogP contribution >= 0.6 is 0 Å². The van der Waals surface area contributed by atoms with Crippen molar-refractivity contribution < 1.29 is 38.2 Å². The van der Waals surface area contributed by atoms with E-state index in [1.165, 1.54) is 0 Å². The number of hydrogen-bond acceptors (Lipinski definition) is 10. The molecule has 0 amide bonds. The molecule has 2 aliphatic rings. The third-order valence-electron chi connectivity index (χ3n) is 7.07. The molecule has 1 aliphatic heterocycles. The molecule has 0 bridgehead atoms. The number of aliphatic hydroxyl groups is 1. The third kappa shape index (κ3) is 7.40. The standard InChI is InChI=1S/C31H35BN2O8/c1-20-25(14-15-28(33-20)38-17-16-31(2,3)37)40-26-7-5-6-23-24(26)12-13-27(23)39-22-10-8-21(9-11-22)32-41-29(35)18-34(4)19-30(36)42-32/h5-11,14-15,27,37H,12-13,16-19H2,1-4H3/t27-/m1/s1. The molecule has 0 radical (unpaired) electrons. The molecular formula is C31H35BN2O8. The number of likely N-dealkylation sites (N-methyl/N-ethyl adjacent to an activating group) is 1. The summed E-state index contributed by atoms with van der Waals surface area (Å²) in [4.78, 5) is 30.2. The Morgan fingerprint density at radius 2 is 1.74 bits per heavy atom. The van der Waals surface area contributed by atoms with E-state index in [0.29, 0.717) is 41.6 Å². The Kier molecular flexibility index (Phi) is 8.70. The van der Waals surface area contributed by atoms with E-state index in [-0.39, 0.29) is 19.2 Å². The minimum Gasteiger partial charge on any atom is -0.494 e. The van der Waals surface area contributed by atoms with Gasteiger partial charge in [0.25, 0.3) is 0 Å². The van der Waals surface area contributed by atoms with Gasteiger partial charge in [0.15, 0.2) is 0 Å². The average Bonchev–Trinajstić information content (AvgIpc) is 3.32. The van der Waals surface area contributed by atoms with Gasteiger partial charge in [-0.2, -0.15) is 0 Å². The molecule has 1 N–H and O–H groups in total. The smallest absolute Gasteiger partial charge is 0.494 e. The molecule has 220 valence electrons. The van der Waals surface area contributed by atoms with Crippen LogP contribution in [-0.4, -0.2) is 66.4 Å². The summed E-state index contributed by atoms with van der Waals surface area (Å²) in [5, 5.41) is 9.88. The molecule has 3 aromatic rings. The molecule has 1 aliphatic carbocycles. The summed E-state index contributed by atoms with van der Waals surface area (Å²) in [7, 11) is 0.560. The summed E-state index contributed by atoms with van der Waals surface area (Å²) in [6, 6.07) is 16.6. The van der Waals surface area contributed by atoms with Gasteiger partial charge in [-0.15, -0.1) is 0 Å². The Morgan fingerprint density at radius 3 is 2.40 bits per heavy atom. The van der Waals surface area contributed by atoms with Gasteiger partial charge in [0.2, 0.25) is 5.88 Å². The molecular weight excluding hydrogens is 539 g/mol. The van der Waals surface area contributed by atoms with Crippen LogP contribution in [0.25, 0.3) is 0 Å². The first-order chi connectivity index (χ1) is 20.0. The van der Waals surface area contributed by atoms with Gasteiger partial charge in [0, 0.05) is 23.5 Å². The van der Waals surface area contributed by atoms with E-state index in [4.69, 9.17) is 23.5 Å². The first kappa shape index (κ1) is 29.4. The first-order valence-electron chi connectivity index (χ1n) is 14.0. The van der Waals surface area contributed by atoms with Gasteiger partial charge >= 0.3 is 19.1 Å². The number of hydrogen-bond donors (Lipinski definition) is 1. The normalized spacial score (nSPS) is 17.5. The zero-order valence-electron chi connectivity index (χ0n) is 24.3. The van der Waals surface area contributed by atoms with Crippen LogP contribution in [0, 0.1) is 6.92 Å². The van der Waals surface area contributed by atoms with Crippen molar-refractivity contribution in [2.75, 3.05) is 26.7 Å². The highest BCUT2D eigenvalue weighted by Gasteiger charge is 2.34. The second-order valence-electron chi connectivity index (χ2n) is 11.3. The molecule has 1 saturated heterocycles. The van der Waals surface area contributed by atoms with Gasteiger partial charge in [-0.1, -0.05) is 24.3 Å². The fraction of sp³-hybridized carbons (Fsp3) is 0.387. The van der Waals surface area contributed by atoms with E-state index in [2.05, 4.69) is 4.98 Å². The molecule has 1 aromatic heterocycles. The van der Waals surface area contributed by atoms with Crippen LogP contribution in [0.15, 0.2) is 54.6 Å². The lowest BCUT2D eigenvalue weighted by Crippen LogP contribution is -2.47. The average molecular weight is 574 g/mol. The quantitative estimate of drug-likeness (QED) is 0.381. The van der Waals surface area contributed by atoms with Crippen molar-refractivity contribution in [3.63, 3.8) is 0 Å². The number of pyridine rings is 1. The van der Waals surface area contributed by atoms with Crippen molar-refractivity contribution >= 4 is 24.5 Å². The molecule has 1 atom stereocenters.